The summed E-state index contributed by atoms with van der Waals surface area (Å²) in [7, 11) is 1.86. The van der Waals surface area contributed by atoms with Gasteiger partial charge in [-0.1, -0.05) is 30.3 Å². The Morgan fingerprint density at radius 2 is 2.04 bits per heavy atom. The summed E-state index contributed by atoms with van der Waals surface area (Å²) in [5.41, 5.74) is 3.46. The van der Waals surface area contributed by atoms with E-state index in [-0.39, 0.29) is 11.9 Å². The number of rotatable bonds is 4. The number of imidazole rings is 1. The molecule has 1 N–H and O–H groups in total. The highest BCUT2D eigenvalue weighted by Gasteiger charge is 2.18. The van der Waals surface area contributed by atoms with Gasteiger partial charge in [-0.2, -0.15) is 5.10 Å². The van der Waals surface area contributed by atoms with Gasteiger partial charge in [-0.05, 0) is 6.92 Å². The fourth-order valence-electron chi connectivity index (χ4n) is 2.71. The second-order valence-corrected chi connectivity index (χ2v) is 6.74. The molecule has 3 heterocycles. The maximum absolute atomic E-state index is 12.7. The van der Waals surface area contributed by atoms with Crippen molar-refractivity contribution in [3.05, 3.63) is 65.6 Å². The lowest BCUT2D eigenvalue weighted by Gasteiger charge is -2.11. The van der Waals surface area contributed by atoms with E-state index in [2.05, 4.69) is 15.4 Å². The molecule has 0 radical (unpaired) electrons. The predicted molar refractivity (Wildman–Crippen MR) is 97.6 cm³/mol. The van der Waals surface area contributed by atoms with Crippen LogP contribution < -0.4 is 5.32 Å². The summed E-state index contributed by atoms with van der Waals surface area (Å²) in [5.74, 6) is -0.125. The van der Waals surface area contributed by atoms with Gasteiger partial charge in [0.05, 0.1) is 17.9 Å². The van der Waals surface area contributed by atoms with Crippen molar-refractivity contribution in [3.63, 3.8) is 0 Å². The van der Waals surface area contributed by atoms with E-state index in [1.54, 1.807) is 10.9 Å². The van der Waals surface area contributed by atoms with E-state index in [9.17, 15) is 4.79 Å². The first kappa shape index (κ1) is 15.6. The van der Waals surface area contributed by atoms with Crippen LogP contribution in [-0.2, 0) is 7.05 Å². The molecule has 0 saturated heterocycles. The quantitative estimate of drug-likeness (QED) is 0.614. The number of carbonyl (C=O) groups is 1. The molecule has 0 saturated carbocycles. The molecule has 4 rings (SSSR count). The van der Waals surface area contributed by atoms with Crippen molar-refractivity contribution in [2.45, 2.75) is 13.0 Å². The lowest BCUT2D eigenvalue weighted by atomic mass is 10.2. The molecule has 6 nitrogen and oxygen atoms in total. The molecule has 0 fully saturated rings. The number of benzene rings is 1. The molecular weight excluding hydrogens is 334 g/mol. The maximum atomic E-state index is 12.7. The molecule has 3 aromatic heterocycles. The molecule has 4 aromatic rings. The lowest BCUT2D eigenvalue weighted by Crippen LogP contribution is -2.27. The minimum absolute atomic E-state index is 0.117. The maximum Gasteiger partial charge on any atom is 0.269 e. The van der Waals surface area contributed by atoms with E-state index in [1.165, 1.54) is 11.3 Å². The summed E-state index contributed by atoms with van der Waals surface area (Å²) in [6.45, 7) is 1.95. The summed E-state index contributed by atoms with van der Waals surface area (Å²) in [5, 5.41) is 9.00. The molecule has 0 aliphatic heterocycles. The number of amides is 1. The molecule has 0 unspecified atom stereocenters. The summed E-state index contributed by atoms with van der Waals surface area (Å²) in [6, 6.07) is 9.83. The van der Waals surface area contributed by atoms with Crippen LogP contribution in [0.15, 0.2) is 54.3 Å². The standard InChI is InChI=1S/C18H17N5OS/c1-12(14-8-19-22(2)9-14)20-17(24)16-11-25-18-21-15(10-23(16)18)13-6-4-3-5-7-13/h3-12H,1-2H3,(H,20,24)/t12-/m1/s1. The van der Waals surface area contributed by atoms with Crippen LogP contribution >= 0.6 is 11.3 Å². The predicted octanol–water partition coefficient (Wildman–Crippen LogP) is 3.29. The summed E-state index contributed by atoms with van der Waals surface area (Å²) < 4.78 is 3.57. The highest BCUT2D eigenvalue weighted by molar-refractivity contribution is 7.15. The van der Waals surface area contributed by atoms with E-state index in [0.717, 1.165) is 21.8 Å². The number of thiazole rings is 1. The molecule has 0 bridgehead atoms. The monoisotopic (exact) mass is 351 g/mol. The first-order valence-electron chi connectivity index (χ1n) is 7.93. The Kier molecular flexibility index (Phi) is 3.85. The number of nitrogens with zero attached hydrogens (tertiary/aromatic N) is 4. The van der Waals surface area contributed by atoms with Gasteiger partial charge in [0.15, 0.2) is 4.96 Å². The molecule has 7 heteroatoms. The number of carbonyl (C=O) groups excluding carboxylic acids is 1. The van der Waals surface area contributed by atoms with E-state index in [1.807, 2.05) is 66.5 Å². The van der Waals surface area contributed by atoms with Crippen molar-refractivity contribution in [1.82, 2.24) is 24.5 Å². The number of hydrogen-bond acceptors (Lipinski definition) is 4. The summed E-state index contributed by atoms with van der Waals surface area (Å²) >= 11 is 1.46. The van der Waals surface area contributed by atoms with Gasteiger partial charge in [0.25, 0.3) is 5.91 Å². The zero-order valence-corrected chi connectivity index (χ0v) is 14.7. The van der Waals surface area contributed by atoms with Crippen LogP contribution in [0.1, 0.15) is 29.0 Å². The minimum Gasteiger partial charge on any atom is -0.344 e. The highest BCUT2D eigenvalue weighted by atomic mass is 32.1. The SMILES string of the molecule is C[C@@H](NC(=O)c1csc2nc(-c3ccccc3)cn12)c1cnn(C)c1. The van der Waals surface area contributed by atoms with Gasteiger partial charge in [0, 0.05) is 35.9 Å². The van der Waals surface area contributed by atoms with Crippen LogP contribution in [0.2, 0.25) is 0 Å². The fraction of sp³-hybridized carbons (Fsp3) is 0.167. The average Bonchev–Trinajstić information content (AvgIpc) is 3.30. The Labute approximate surface area is 148 Å². The Hall–Kier alpha value is -2.93. The zero-order valence-electron chi connectivity index (χ0n) is 13.9. The minimum atomic E-state index is -0.125. The molecule has 25 heavy (non-hydrogen) atoms. The molecule has 1 amide bonds. The van der Waals surface area contributed by atoms with Gasteiger partial charge in [0.1, 0.15) is 5.69 Å². The number of hydrogen-bond donors (Lipinski definition) is 1. The van der Waals surface area contributed by atoms with Crippen molar-refractivity contribution in [1.29, 1.82) is 0 Å². The van der Waals surface area contributed by atoms with Crippen LogP contribution in [0.25, 0.3) is 16.2 Å². The average molecular weight is 351 g/mol. The van der Waals surface area contributed by atoms with E-state index >= 15 is 0 Å². The molecule has 0 aliphatic carbocycles. The number of aryl methyl sites for hydroxylation is 1. The first-order chi connectivity index (χ1) is 12.1. The summed E-state index contributed by atoms with van der Waals surface area (Å²) in [6.07, 6.45) is 5.57. The zero-order chi connectivity index (χ0) is 17.4. The second kappa shape index (κ2) is 6.18. The van der Waals surface area contributed by atoms with Gasteiger partial charge in [-0.3, -0.25) is 13.9 Å². The molecule has 0 aliphatic rings. The van der Waals surface area contributed by atoms with Crippen molar-refractivity contribution in [3.8, 4) is 11.3 Å². The van der Waals surface area contributed by atoms with Crippen LogP contribution in [-0.4, -0.2) is 25.1 Å². The third-order valence-corrected chi connectivity index (χ3v) is 4.92. The van der Waals surface area contributed by atoms with Crippen LogP contribution in [0, 0.1) is 0 Å². The van der Waals surface area contributed by atoms with E-state index in [4.69, 9.17) is 0 Å². The third kappa shape index (κ3) is 2.94. The van der Waals surface area contributed by atoms with Crippen molar-refractivity contribution < 1.29 is 4.79 Å². The molecular formula is C18H17N5OS. The number of fused-ring (bicyclic) bond motifs is 1. The van der Waals surface area contributed by atoms with Gasteiger partial charge in [-0.25, -0.2) is 4.98 Å². The van der Waals surface area contributed by atoms with Gasteiger partial charge >= 0.3 is 0 Å². The Morgan fingerprint density at radius 3 is 2.76 bits per heavy atom. The van der Waals surface area contributed by atoms with Crippen LogP contribution in [0.5, 0.6) is 0 Å². The van der Waals surface area contributed by atoms with Crippen molar-refractivity contribution >= 4 is 22.2 Å². The number of nitrogens with one attached hydrogen (secondary N) is 1. The van der Waals surface area contributed by atoms with Crippen molar-refractivity contribution in [2.24, 2.45) is 7.05 Å². The molecule has 126 valence electrons. The Balaban J connectivity index is 1.60. The second-order valence-electron chi connectivity index (χ2n) is 5.91. The Morgan fingerprint density at radius 1 is 1.24 bits per heavy atom. The van der Waals surface area contributed by atoms with Crippen LogP contribution in [0.4, 0.5) is 0 Å². The fourth-order valence-corrected chi connectivity index (χ4v) is 3.57. The van der Waals surface area contributed by atoms with E-state index in [0.29, 0.717) is 5.69 Å². The lowest BCUT2D eigenvalue weighted by molar-refractivity contribution is 0.0934. The van der Waals surface area contributed by atoms with E-state index < -0.39 is 0 Å². The molecule has 1 atom stereocenters. The van der Waals surface area contributed by atoms with Crippen LogP contribution in [0.3, 0.4) is 0 Å². The smallest absolute Gasteiger partial charge is 0.269 e. The Bertz CT molecular complexity index is 1030. The van der Waals surface area contributed by atoms with Gasteiger partial charge in [0.2, 0.25) is 0 Å². The van der Waals surface area contributed by atoms with Gasteiger partial charge in [-0.15, -0.1) is 11.3 Å². The topological polar surface area (TPSA) is 64.2 Å². The normalized spacial score (nSPS) is 12.4. The highest BCUT2D eigenvalue weighted by Crippen LogP contribution is 2.24. The van der Waals surface area contributed by atoms with Crippen molar-refractivity contribution in [2.75, 3.05) is 0 Å². The third-order valence-electron chi connectivity index (χ3n) is 4.08. The first-order valence-corrected chi connectivity index (χ1v) is 8.81. The molecule has 0 spiro atoms. The van der Waals surface area contributed by atoms with Gasteiger partial charge < -0.3 is 5.32 Å². The number of aromatic nitrogens is 4. The molecule has 1 aromatic carbocycles. The largest absolute Gasteiger partial charge is 0.344 e. The summed E-state index contributed by atoms with van der Waals surface area (Å²) in [4.78, 5) is 18.1.